The van der Waals surface area contributed by atoms with E-state index >= 15 is 0 Å². The minimum Gasteiger partial charge on any atom is -0.462 e. The summed E-state index contributed by atoms with van der Waals surface area (Å²) in [6.07, 6.45) is 2.67. The van der Waals surface area contributed by atoms with Gasteiger partial charge in [-0.05, 0) is 26.3 Å². The van der Waals surface area contributed by atoms with Crippen molar-refractivity contribution in [3.05, 3.63) is 34.2 Å². The Hall–Kier alpha value is -2.52. The molecule has 26 heavy (non-hydrogen) atoms. The Balaban J connectivity index is 1.91. The lowest BCUT2D eigenvalue weighted by Crippen LogP contribution is -2.13. The summed E-state index contributed by atoms with van der Waals surface area (Å²) in [5, 5.41) is 18.4. The molecule has 0 radical (unpaired) electrons. The summed E-state index contributed by atoms with van der Waals surface area (Å²) >= 11 is 1.29. The molecule has 8 nitrogen and oxygen atoms in total. The highest BCUT2D eigenvalue weighted by molar-refractivity contribution is 7.20. The second kappa shape index (κ2) is 7.38. The van der Waals surface area contributed by atoms with Gasteiger partial charge in [0.05, 0.1) is 24.3 Å². The molecule has 3 aromatic rings. The fourth-order valence-electron chi connectivity index (χ4n) is 2.69. The highest BCUT2D eigenvalue weighted by Gasteiger charge is 2.21. The number of thiophene rings is 1. The predicted molar refractivity (Wildman–Crippen MR) is 99.5 cm³/mol. The molecule has 3 aromatic heterocycles. The van der Waals surface area contributed by atoms with Gasteiger partial charge < -0.3 is 15.2 Å². The number of nitrogens with zero attached hydrogens (tertiary/aromatic N) is 4. The third kappa shape index (κ3) is 3.54. The summed E-state index contributed by atoms with van der Waals surface area (Å²) in [6, 6.07) is 0. The van der Waals surface area contributed by atoms with Crippen molar-refractivity contribution >= 4 is 33.3 Å². The first-order valence-electron chi connectivity index (χ1n) is 8.26. The molecular weight excluding hydrogens is 354 g/mol. The van der Waals surface area contributed by atoms with Crippen LogP contribution in [0.15, 0.2) is 12.4 Å². The average Bonchev–Trinajstić information content (AvgIpc) is 3.16. The van der Waals surface area contributed by atoms with Crippen LogP contribution in [0.1, 0.15) is 39.7 Å². The zero-order chi connectivity index (χ0) is 18.8. The molecular formula is C17H21N5O3S. The zero-order valence-corrected chi connectivity index (χ0v) is 15.9. The number of esters is 1. The molecule has 9 heteroatoms. The van der Waals surface area contributed by atoms with Crippen LogP contribution in [-0.4, -0.2) is 44.0 Å². The Kier molecular flexibility index (Phi) is 5.19. The molecule has 0 saturated heterocycles. The number of fused-ring (bicyclic) bond motifs is 1. The molecule has 3 heterocycles. The Labute approximate surface area is 154 Å². The molecule has 1 unspecified atom stereocenters. The van der Waals surface area contributed by atoms with Crippen LogP contribution in [0.3, 0.4) is 0 Å². The molecule has 138 valence electrons. The van der Waals surface area contributed by atoms with E-state index in [-0.39, 0.29) is 12.5 Å². The van der Waals surface area contributed by atoms with Crippen molar-refractivity contribution in [2.45, 2.75) is 26.9 Å². The van der Waals surface area contributed by atoms with E-state index in [1.165, 1.54) is 11.3 Å². The maximum Gasteiger partial charge on any atom is 0.348 e. The molecule has 0 spiro atoms. The van der Waals surface area contributed by atoms with Gasteiger partial charge in [0.25, 0.3) is 0 Å². The van der Waals surface area contributed by atoms with E-state index in [0.29, 0.717) is 23.1 Å². The number of carbonyl (C=O) groups is 1. The summed E-state index contributed by atoms with van der Waals surface area (Å²) < 4.78 is 6.76. The number of ether oxygens (including phenoxy) is 1. The predicted octanol–water partition coefficient (Wildman–Crippen LogP) is 2.36. The third-order valence-corrected chi connectivity index (χ3v) is 5.10. The molecule has 0 saturated carbocycles. The lowest BCUT2D eigenvalue weighted by Gasteiger charge is -2.12. The highest BCUT2D eigenvalue weighted by Crippen LogP contribution is 2.34. The maximum absolute atomic E-state index is 12.2. The monoisotopic (exact) mass is 375 g/mol. The summed E-state index contributed by atoms with van der Waals surface area (Å²) in [7, 11) is 1.80. The lowest BCUT2D eigenvalue weighted by atomic mass is 10.2. The van der Waals surface area contributed by atoms with Gasteiger partial charge in [0.15, 0.2) is 0 Å². The van der Waals surface area contributed by atoms with Crippen molar-refractivity contribution in [3.63, 3.8) is 0 Å². The number of aliphatic hydroxyl groups excluding tert-OH is 1. The zero-order valence-electron chi connectivity index (χ0n) is 15.1. The van der Waals surface area contributed by atoms with E-state index in [4.69, 9.17) is 4.74 Å². The number of aromatic nitrogens is 4. The van der Waals surface area contributed by atoms with Gasteiger partial charge in [-0.2, -0.15) is 5.10 Å². The Bertz CT molecular complexity index is 949. The molecule has 3 rings (SSSR count). The van der Waals surface area contributed by atoms with Crippen LogP contribution < -0.4 is 5.32 Å². The SMILES string of the molecule is CCOC(=O)c1sc2nc(C)nc(NCC(O)c3cnn(C)c3)c2c1C. The average molecular weight is 375 g/mol. The van der Waals surface area contributed by atoms with E-state index in [0.717, 1.165) is 21.3 Å². The van der Waals surface area contributed by atoms with Crippen molar-refractivity contribution in [2.24, 2.45) is 7.05 Å². The normalized spacial score (nSPS) is 12.3. The summed E-state index contributed by atoms with van der Waals surface area (Å²) in [5.41, 5.74) is 1.50. The second-order valence-electron chi connectivity index (χ2n) is 5.92. The van der Waals surface area contributed by atoms with Crippen molar-refractivity contribution in [1.29, 1.82) is 0 Å². The maximum atomic E-state index is 12.2. The fourth-order valence-corrected chi connectivity index (χ4v) is 3.81. The number of hydrogen-bond acceptors (Lipinski definition) is 8. The first kappa shape index (κ1) is 18.3. The van der Waals surface area contributed by atoms with E-state index in [1.54, 1.807) is 38.0 Å². The molecule has 0 aliphatic rings. The molecule has 2 N–H and O–H groups in total. The van der Waals surface area contributed by atoms with Crippen LogP contribution in [0, 0.1) is 13.8 Å². The Morgan fingerprint density at radius 2 is 2.19 bits per heavy atom. The highest BCUT2D eigenvalue weighted by atomic mass is 32.1. The van der Waals surface area contributed by atoms with Crippen LogP contribution in [0.5, 0.6) is 0 Å². The largest absolute Gasteiger partial charge is 0.462 e. The van der Waals surface area contributed by atoms with Gasteiger partial charge in [0.1, 0.15) is 21.3 Å². The van der Waals surface area contributed by atoms with Crippen molar-refractivity contribution < 1.29 is 14.6 Å². The van der Waals surface area contributed by atoms with Crippen LogP contribution in [0.4, 0.5) is 5.82 Å². The van der Waals surface area contributed by atoms with Gasteiger partial charge in [-0.1, -0.05) is 0 Å². The van der Waals surface area contributed by atoms with E-state index < -0.39 is 6.10 Å². The van der Waals surface area contributed by atoms with Gasteiger partial charge in [-0.25, -0.2) is 14.8 Å². The molecule has 0 aliphatic carbocycles. The minimum absolute atomic E-state index is 0.265. The second-order valence-corrected chi connectivity index (χ2v) is 6.92. The fraction of sp³-hybridized carbons (Fsp3) is 0.412. The molecule has 0 bridgehead atoms. The molecule has 0 aromatic carbocycles. The summed E-state index contributed by atoms with van der Waals surface area (Å²) in [6.45, 7) is 6.01. The Morgan fingerprint density at radius 1 is 1.42 bits per heavy atom. The van der Waals surface area contributed by atoms with Crippen molar-refractivity contribution in [2.75, 3.05) is 18.5 Å². The number of nitrogens with one attached hydrogen (secondary N) is 1. The number of aryl methyl sites for hydroxylation is 3. The van der Waals surface area contributed by atoms with Gasteiger partial charge in [-0.15, -0.1) is 11.3 Å². The lowest BCUT2D eigenvalue weighted by molar-refractivity contribution is 0.0531. The minimum atomic E-state index is -0.725. The number of carbonyl (C=O) groups excluding carboxylic acids is 1. The van der Waals surface area contributed by atoms with Crippen LogP contribution in [0.2, 0.25) is 0 Å². The van der Waals surface area contributed by atoms with Gasteiger partial charge in [-0.3, -0.25) is 4.68 Å². The topological polar surface area (TPSA) is 102 Å². The third-order valence-electron chi connectivity index (χ3n) is 3.94. The molecule has 1 atom stereocenters. The number of rotatable bonds is 6. The summed E-state index contributed by atoms with van der Waals surface area (Å²) in [5.74, 6) is 0.833. The van der Waals surface area contributed by atoms with Crippen LogP contribution in [0.25, 0.3) is 10.2 Å². The number of anilines is 1. The first-order chi connectivity index (χ1) is 12.4. The van der Waals surface area contributed by atoms with E-state index in [2.05, 4.69) is 20.4 Å². The Morgan fingerprint density at radius 3 is 2.85 bits per heavy atom. The molecule has 0 amide bonds. The standard InChI is InChI=1S/C17H21N5O3S/c1-5-25-17(24)14-9(2)13-15(20-10(3)21-16(13)26-14)18-7-12(23)11-6-19-22(4)8-11/h6,8,12,23H,5,7H2,1-4H3,(H,18,20,21). The smallest absolute Gasteiger partial charge is 0.348 e. The first-order valence-corrected chi connectivity index (χ1v) is 9.07. The van der Waals surface area contributed by atoms with Crippen LogP contribution in [-0.2, 0) is 11.8 Å². The van der Waals surface area contributed by atoms with Crippen molar-refractivity contribution in [1.82, 2.24) is 19.7 Å². The number of hydrogen-bond donors (Lipinski definition) is 2. The van der Waals surface area contributed by atoms with E-state index in [9.17, 15) is 9.90 Å². The van der Waals surface area contributed by atoms with Crippen LogP contribution >= 0.6 is 11.3 Å². The van der Waals surface area contributed by atoms with Gasteiger partial charge >= 0.3 is 5.97 Å². The quantitative estimate of drug-likeness (QED) is 0.638. The van der Waals surface area contributed by atoms with Gasteiger partial charge in [0, 0.05) is 25.4 Å². The number of aliphatic hydroxyl groups is 1. The van der Waals surface area contributed by atoms with Gasteiger partial charge in [0.2, 0.25) is 0 Å². The van der Waals surface area contributed by atoms with Crippen molar-refractivity contribution in [3.8, 4) is 0 Å². The molecule has 0 aliphatic heterocycles. The van der Waals surface area contributed by atoms with E-state index in [1.807, 2.05) is 6.92 Å². The molecule has 0 fully saturated rings. The summed E-state index contributed by atoms with van der Waals surface area (Å²) in [4.78, 5) is 22.3.